The molecule has 0 aliphatic carbocycles. The van der Waals surface area contributed by atoms with Gasteiger partial charge in [-0.3, -0.25) is 9.59 Å². The average molecular weight is 721 g/mol. The molecule has 3 heterocycles. The van der Waals surface area contributed by atoms with Crippen molar-refractivity contribution < 1.29 is 19.1 Å². The highest BCUT2D eigenvalue weighted by molar-refractivity contribution is 6.07. The van der Waals surface area contributed by atoms with Crippen LogP contribution < -0.4 is 4.74 Å². The third-order valence-corrected chi connectivity index (χ3v) is 11.0. The monoisotopic (exact) mass is 720 g/mol. The summed E-state index contributed by atoms with van der Waals surface area (Å²) in [6, 6.07) is 14.7. The lowest BCUT2D eigenvalue weighted by atomic mass is 9.92. The van der Waals surface area contributed by atoms with Crippen molar-refractivity contribution in [2.75, 3.05) is 13.7 Å². The molecule has 0 spiro atoms. The van der Waals surface area contributed by atoms with Crippen molar-refractivity contribution in [1.82, 2.24) is 29.7 Å². The van der Waals surface area contributed by atoms with E-state index in [1.807, 2.05) is 36.8 Å². The van der Waals surface area contributed by atoms with Crippen LogP contribution in [0.3, 0.4) is 0 Å². The Bertz CT molecular complexity index is 2060. The summed E-state index contributed by atoms with van der Waals surface area (Å²) < 4.78 is 11.9. The molecular weight excluding hydrogens is 665 g/mol. The van der Waals surface area contributed by atoms with Gasteiger partial charge in [-0.05, 0) is 92.3 Å². The molecule has 2 N–H and O–H groups in total. The van der Waals surface area contributed by atoms with Gasteiger partial charge in [-0.15, -0.1) is 0 Å². The molecule has 0 bridgehead atoms. The van der Waals surface area contributed by atoms with E-state index in [0.717, 1.165) is 99.3 Å². The smallest absolute Gasteiger partial charge is 0.223 e. The molecule has 3 atom stereocenters. The Morgan fingerprint density at radius 2 is 1.51 bits per heavy atom. The first-order valence-corrected chi connectivity index (χ1v) is 19.6. The van der Waals surface area contributed by atoms with Crippen molar-refractivity contribution >= 4 is 33.6 Å². The van der Waals surface area contributed by atoms with Crippen LogP contribution in [0.5, 0.6) is 5.75 Å². The van der Waals surface area contributed by atoms with Gasteiger partial charge in [0.2, 0.25) is 11.8 Å². The van der Waals surface area contributed by atoms with Gasteiger partial charge >= 0.3 is 0 Å². The fourth-order valence-electron chi connectivity index (χ4n) is 8.06. The number of ether oxygens (including phenoxy) is 2. The van der Waals surface area contributed by atoms with Gasteiger partial charge in [0.1, 0.15) is 24.0 Å². The molecule has 0 unspecified atom stereocenters. The summed E-state index contributed by atoms with van der Waals surface area (Å²) in [4.78, 5) is 47.5. The predicted octanol–water partition coefficient (Wildman–Crippen LogP) is 9.66. The van der Waals surface area contributed by atoms with Crippen LogP contribution in [0, 0.1) is 0 Å². The first kappa shape index (κ1) is 38.0. The number of hydrogen-bond donors (Lipinski definition) is 2. The highest BCUT2D eigenvalue weighted by atomic mass is 16.5. The predicted molar refractivity (Wildman–Crippen MR) is 212 cm³/mol. The van der Waals surface area contributed by atoms with Gasteiger partial charge in [-0.2, -0.15) is 0 Å². The van der Waals surface area contributed by atoms with Crippen LogP contribution in [0.25, 0.3) is 44.2 Å². The number of imidazole rings is 2. The number of nitrogens with one attached hydrogen (secondary N) is 2. The second-order valence-corrected chi connectivity index (χ2v) is 14.4. The Labute approximate surface area is 313 Å². The molecule has 10 heteroatoms. The molecule has 53 heavy (non-hydrogen) atoms. The standard InChI is InChI=1S/C43H56N6O4/c1-9-14-39(50)48(31(11-3)12-4)26(6)42-44-23-37(46-42)29-16-18-33-30(20-29)24-53-38-22-34-28(21-35(33)38)17-19-36-41(34)47-43(45-36)27(7)49(40(51)15-10-2)32(13-5)25-52-8/h16-23,26-27,31-32H,9-15,24-25H2,1-8H3,(H,44,46)(H,45,47)/t26-,27-,32+/m0/s1. The maximum Gasteiger partial charge on any atom is 0.223 e. The molecular formula is C43H56N6O4. The maximum absolute atomic E-state index is 13.4. The van der Waals surface area contributed by atoms with Gasteiger partial charge < -0.3 is 29.2 Å². The zero-order valence-electron chi connectivity index (χ0n) is 32.7. The number of carbonyl (C=O) groups is 2. The largest absolute Gasteiger partial charge is 0.488 e. The Kier molecular flexibility index (Phi) is 11.9. The molecule has 2 amide bonds. The SMILES string of the molecule is CCCC(=O)N(C(CC)CC)[C@@H](C)c1ncc(-c2ccc3c(c2)COc2cc4c(ccc5[nH]c([C@H](C)N(C(=O)CCC)[C@H](CC)COC)nc54)cc2-3)[nH]1. The number of rotatable bonds is 16. The topological polar surface area (TPSA) is 116 Å². The number of H-pyrrole nitrogens is 2. The highest BCUT2D eigenvalue weighted by Gasteiger charge is 2.31. The number of hydrogen-bond acceptors (Lipinski definition) is 6. The lowest BCUT2D eigenvalue weighted by Gasteiger charge is -2.35. The van der Waals surface area contributed by atoms with Crippen LogP contribution >= 0.6 is 0 Å². The number of aromatic amines is 2. The van der Waals surface area contributed by atoms with Crippen LogP contribution in [-0.2, 0) is 20.9 Å². The molecule has 6 rings (SSSR count). The van der Waals surface area contributed by atoms with Gasteiger partial charge in [0.25, 0.3) is 0 Å². The summed E-state index contributed by atoms with van der Waals surface area (Å²) in [6.45, 7) is 15.5. The Balaban J connectivity index is 1.29. The second-order valence-electron chi connectivity index (χ2n) is 14.4. The van der Waals surface area contributed by atoms with Gasteiger partial charge in [-0.25, -0.2) is 9.97 Å². The quantitative estimate of drug-likeness (QED) is 0.105. The van der Waals surface area contributed by atoms with Crippen molar-refractivity contribution in [3.05, 3.63) is 65.9 Å². The molecule has 3 aromatic carbocycles. The van der Waals surface area contributed by atoms with E-state index >= 15 is 0 Å². The molecule has 0 saturated carbocycles. The highest BCUT2D eigenvalue weighted by Crippen LogP contribution is 2.43. The Morgan fingerprint density at radius 1 is 0.830 bits per heavy atom. The van der Waals surface area contributed by atoms with Crippen molar-refractivity contribution in [2.24, 2.45) is 0 Å². The van der Waals surface area contributed by atoms with Gasteiger partial charge in [-0.1, -0.05) is 52.8 Å². The third kappa shape index (κ3) is 7.43. The number of methoxy groups -OCH3 is 1. The minimum absolute atomic E-state index is 0.0372. The molecule has 0 fully saturated rings. The van der Waals surface area contributed by atoms with Crippen molar-refractivity contribution in [3.63, 3.8) is 0 Å². The van der Waals surface area contributed by atoms with Crippen molar-refractivity contribution in [1.29, 1.82) is 0 Å². The van der Waals surface area contributed by atoms with E-state index in [-0.39, 0.29) is 36.0 Å². The lowest BCUT2D eigenvalue weighted by Crippen LogP contribution is -2.44. The van der Waals surface area contributed by atoms with Gasteiger partial charge in [0, 0.05) is 36.9 Å². The number of aromatic nitrogens is 4. The third-order valence-electron chi connectivity index (χ3n) is 11.0. The van der Waals surface area contributed by atoms with E-state index in [0.29, 0.717) is 26.1 Å². The number of benzene rings is 3. The zero-order valence-corrected chi connectivity index (χ0v) is 32.7. The van der Waals surface area contributed by atoms with Gasteiger partial charge in [0.05, 0.1) is 47.7 Å². The van der Waals surface area contributed by atoms with E-state index in [9.17, 15) is 9.59 Å². The number of amides is 2. The zero-order chi connectivity index (χ0) is 37.8. The summed E-state index contributed by atoms with van der Waals surface area (Å²) in [6.07, 6.45) is 7.13. The van der Waals surface area contributed by atoms with E-state index < -0.39 is 0 Å². The van der Waals surface area contributed by atoms with E-state index in [1.54, 1.807) is 7.11 Å². The van der Waals surface area contributed by atoms with Crippen LogP contribution in [0.4, 0.5) is 0 Å². The Morgan fingerprint density at radius 3 is 2.17 bits per heavy atom. The summed E-state index contributed by atoms with van der Waals surface area (Å²) in [7, 11) is 1.68. The molecule has 1 aliphatic rings. The van der Waals surface area contributed by atoms with Crippen molar-refractivity contribution in [3.8, 4) is 28.1 Å². The lowest BCUT2D eigenvalue weighted by molar-refractivity contribution is -0.138. The maximum atomic E-state index is 13.4. The first-order chi connectivity index (χ1) is 25.7. The number of fused-ring (bicyclic) bond motifs is 6. The molecule has 1 aliphatic heterocycles. The number of nitrogens with zero attached hydrogens (tertiary/aromatic N) is 4. The Hall–Kier alpha value is -4.70. The van der Waals surface area contributed by atoms with Gasteiger partial charge in [0.15, 0.2) is 0 Å². The summed E-state index contributed by atoms with van der Waals surface area (Å²) >= 11 is 0. The van der Waals surface area contributed by atoms with E-state index in [2.05, 4.69) is 80.1 Å². The second kappa shape index (κ2) is 16.5. The number of carbonyl (C=O) groups excluding carboxylic acids is 2. The van der Waals surface area contributed by atoms with E-state index in [1.165, 1.54) is 0 Å². The molecule has 5 aromatic rings. The first-order valence-electron chi connectivity index (χ1n) is 19.6. The van der Waals surface area contributed by atoms with Crippen LogP contribution in [0.1, 0.15) is 123 Å². The minimum Gasteiger partial charge on any atom is -0.488 e. The molecule has 0 saturated heterocycles. The minimum atomic E-state index is -0.243. The summed E-state index contributed by atoms with van der Waals surface area (Å²) in [5, 5.41) is 2.07. The summed E-state index contributed by atoms with van der Waals surface area (Å²) in [5.41, 5.74) is 7.02. The average Bonchev–Trinajstić information content (AvgIpc) is 3.84. The molecule has 2 aromatic heterocycles. The molecule has 0 radical (unpaired) electrons. The van der Waals surface area contributed by atoms with E-state index in [4.69, 9.17) is 19.4 Å². The van der Waals surface area contributed by atoms with Crippen LogP contribution in [0.15, 0.2) is 48.7 Å². The van der Waals surface area contributed by atoms with Crippen LogP contribution in [0.2, 0.25) is 0 Å². The normalized spacial score (nSPS) is 14.1. The molecule has 282 valence electrons. The summed E-state index contributed by atoms with van der Waals surface area (Å²) in [5.74, 6) is 2.67. The fourth-order valence-corrected chi connectivity index (χ4v) is 8.06. The fraction of sp³-hybridized carbons (Fsp3) is 0.488. The molecule has 10 nitrogen and oxygen atoms in total. The van der Waals surface area contributed by atoms with Crippen LogP contribution in [-0.4, -0.2) is 67.4 Å². The van der Waals surface area contributed by atoms with Crippen molar-refractivity contribution in [2.45, 2.75) is 124 Å².